The van der Waals surface area contributed by atoms with Gasteiger partial charge in [-0.2, -0.15) is 0 Å². The Hall–Kier alpha value is -1.95. The van der Waals surface area contributed by atoms with Crippen LogP contribution in [0.3, 0.4) is 0 Å². The summed E-state index contributed by atoms with van der Waals surface area (Å²) < 4.78 is 9.32. The standard InChI is InChI=1S/C15H19N3O2S/c1-4-13-14(21-18-17-13)15(19)16-10(3)11-7-6-8-12(9-11)20-5-2/h6-10H,4-5H2,1-3H3,(H,16,19)/t10-/m0/s1. The molecule has 0 aliphatic heterocycles. The van der Waals surface area contributed by atoms with Crippen molar-refractivity contribution < 1.29 is 9.53 Å². The Balaban J connectivity index is 2.08. The third kappa shape index (κ3) is 3.78. The number of hydrogen-bond acceptors (Lipinski definition) is 5. The zero-order chi connectivity index (χ0) is 15.2. The number of nitrogens with zero attached hydrogens (tertiary/aromatic N) is 2. The number of rotatable bonds is 6. The normalized spacial score (nSPS) is 12.0. The highest BCUT2D eigenvalue weighted by atomic mass is 32.1. The summed E-state index contributed by atoms with van der Waals surface area (Å²) in [5.41, 5.74) is 1.75. The first kappa shape index (κ1) is 15.4. The number of aromatic nitrogens is 2. The molecule has 0 saturated carbocycles. The van der Waals surface area contributed by atoms with Crippen molar-refractivity contribution in [2.45, 2.75) is 33.2 Å². The molecule has 2 rings (SSSR count). The average molecular weight is 305 g/mol. The number of hydrogen-bond donors (Lipinski definition) is 1. The van der Waals surface area contributed by atoms with Crippen LogP contribution >= 0.6 is 11.5 Å². The quantitative estimate of drug-likeness (QED) is 0.891. The molecule has 1 atom stereocenters. The zero-order valence-corrected chi connectivity index (χ0v) is 13.2. The van der Waals surface area contributed by atoms with E-state index >= 15 is 0 Å². The van der Waals surface area contributed by atoms with Crippen LogP contribution in [0, 0.1) is 0 Å². The van der Waals surface area contributed by atoms with Crippen molar-refractivity contribution in [2.75, 3.05) is 6.61 Å². The average Bonchev–Trinajstić information content (AvgIpc) is 2.96. The Morgan fingerprint density at radius 3 is 2.95 bits per heavy atom. The molecule has 0 radical (unpaired) electrons. The van der Waals surface area contributed by atoms with E-state index in [-0.39, 0.29) is 11.9 Å². The third-order valence-corrected chi connectivity index (χ3v) is 3.88. The van der Waals surface area contributed by atoms with E-state index < -0.39 is 0 Å². The Kier molecular flexibility index (Phi) is 5.27. The van der Waals surface area contributed by atoms with E-state index in [4.69, 9.17) is 4.74 Å². The highest BCUT2D eigenvalue weighted by Crippen LogP contribution is 2.20. The summed E-state index contributed by atoms with van der Waals surface area (Å²) in [5.74, 6) is 0.681. The van der Waals surface area contributed by atoms with E-state index in [1.54, 1.807) is 0 Å². The van der Waals surface area contributed by atoms with Gasteiger partial charge >= 0.3 is 0 Å². The topological polar surface area (TPSA) is 64.1 Å². The van der Waals surface area contributed by atoms with E-state index in [2.05, 4.69) is 14.9 Å². The maximum atomic E-state index is 12.3. The highest BCUT2D eigenvalue weighted by Gasteiger charge is 2.17. The van der Waals surface area contributed by atoms with Crippen LogP contribution in [-0.2, 0) is 6.42 Å². The fourth-order valence-electron chi connectivity index (χ4n) is 2.00. The van der Waals surface area contributed by atoms with Gasteiger partial charge in [-0.05, 0) is 49.5 Å². The Morgan fingerprint density at radius 2 is 2.24 bits per heavy atom. The Labute approximate surface area is 128 Å². The van der Waals surface area contributed by atoms with Gasteiger partial charge in [0.2, 0.25) is 0 Å². The van der Waals surface area contributed by atoms with Gasteiger partial charge in [-0.1, -0.05) is 23.5 Å². The minimum absolute atomic E-state index is 0.107. The minimum Gasteiger partial charge on any atom is -0.494 e. The molecule has 21 heavy (non-hydrogen) atoms. The van der Waals surface area contributed by atoms with Gasteiger partial charge in [0.1, 0.15) is 10.6 Å². The lowest BCUT2D eigenvalue weighted by molar-refractivity contribution is 0.0943. The monoisotopic (exact) mass is 305 g/mol. The molecule has 0 fully saturated rings. The number of benzene rings is 1. The predicted molar refractivity (Wildman–Crippen MR) is 82.8 cm³/mol. The van der Waals surface area contributed by atoms with Crippen molar-refractivity contribution in [2.24, 2.45) is 0 Å². The first-order valence-corrected chi connectivity index (χ1v) is 7.77. The zero-order valence-electron chi connectivity index (χ0n) is 12.4. The van der Waals surface area contributed by atoms with Gasteiger partial charge < -0.3 is 10.1 Å². The first-order chi connectivity index (χ1) is 10.2. The molecule has 1 aromatic carbocycles. The molecule has 1 heterocycles. The summed E-state index contributed by atoms with van der Waals surface area (Å²) in [7, 11) is 0. The predicted octanol–water partition coefficient (Wildman–Crippen LogP) is 2.99. The summed E-state index contributed by atoms with van der Waals surface area (Å²) in [5, 5.41) is 6.94. The molecule has 0 saturated heterocycles. The van der Waals surface area contributed by atoms with E-state index in [1.165, 1.54) is 0 Å². The van der Waals surface area contributed by atoms with Crippen LogP contribution in [0.5, 0.6) is 5.75 Å². The van der Waals surface area contributed by atoms with Crippen LogP contribution in [0.1, 0.15) is 47.7 Å². The Bertz CT molecular complexity index is 612. The maximum absolute atomic E-state index is 12.3. The van der Waals surface area contributed by atoms with Crippen molar-refractivity contribution in [1.29, 1.82) is 0 Å². The third-order valence-electron chi connectivity index (χ3n) is 3.11. The molecule has 1 N–H and O–H groups in total. The lowest BCUT2D eigenvalue weighted by Gasteiger charge is -2.15. The van der Waals surface area contributed by atoms with E-state index in [9.17, 15) is 4.79 Å². The van der Waals surface area contributed by atoms with Crippen molar-refractivity contribution >= 4 is 17.4 Å². The summed E-state index contributed by atoms with van der Waals surface area (Å²) >= 11 is 1.13. The molecule has 0 bridgehead atoms. The molecule has 6 heteroatoms. The van der Waals surface area contributed by atoms with Crippen LogP contribution in [0.25, 0.3) is 0 Å². The fourth-order valence-corrected chi connectivity index (χ4v) is 2.65. The minimum atomic E-state index is -0.129. The van der Waals surface area contributed by atoms with E-state index in [0.29, 0.717) is 17.9 Å². The van der Waals surface area contributed by atoms with Crippen LogP contribution in [0.15, 0.2) is 24.3 Å². The number of carbonyl (C=O) groups is 1. The van der Waals surface area contributed by atoms with Gasteiger partial charge in [0.25, 0.3) is 5.91 Å². The summed E-state index contributed by atoms with van der Waals surface area (Å²) in [6.45, 7) is 6.48. The van der Waals surface area contributed by atoms with Crippen molar-refractivity contribution in [3.63, 3.8) is 0 Å². The molecule has 0 unspecified atom stereocenters. The smallest absolute Gasteiger partial charge is 0.265 e. The van der Waals surface area contributed by atoms with Crippen molar-refractivity contribution in [3.8, 4) is 5.75 Å². The number of nitrogens with one attached hydrogen (secondary N) is 1. The van der Waals surface area contributed by atoms with Crippen molar-refractivity contribution in [3.05, 3.63) is 40.4 Å². The molecule has 112 valence electrons. The van der Waals surface area contributed by atoms with Crippen LogP contribution < -0.4 is 10.1 Å². The van der Waals surface area contributed by atoms with Gasteiger partial charge in [-0.25, -0.2) is 0 Å². The first-order valence-electron chi connectivity index (χ1n) is 7.00. The largest absolute Gasteiger partial charge is 0.494 e. The highest BCUT2D eigenvalue weighted by molar-refractivity contribution is 7.08. The summed E-state index contributed by atoms with van der Waals surface area (Å²) in [4.78, 5) is 12.9. The lowest BCUT2D eigenvalue weighted by Crippen LogP contribution is -2.26. The summed E-state index contributed by atoms with van der Waals surface area (Å²) in [6.07, 6.45) is 0.702. The van der Waals surface area contributed by atoms with Gasteiger partial charge in [-0.15, -0.1) is 5.10 Å². The molecule has 1 amide bonds. The fraction of sp³-hybridized carbons (Fsp3) is 0.400. The number of amides is 1. The molecule has 0 aliphatic rings. The second-order valence-electron chi connectivity index (χ2n) is 4.60. The van der Waals surface area contributed by atoms with E-state index in [0.717, 1.165) is 28.5 Å². The van der Waals surface area contributed by atoms with Gasteiger partial charge in [0, 0.05) is 0 Å². The lowest BCUT2D eigenvalue weighted by atomic mass is 10.1. The molecule has 0 spiro atoms. The van der Waals surface area contributed by atoms with Crippen LogP contribution in [0.2, 0.25) is 0 Å². The second-order valence-corrected chi connectivity index (χ2v) is 5.36. The SMILES string of the molecule is CCOc1cccc([C@H](C)NC(=O)c2snnc2CC)c1. The molecule has 5 nitrogen and oxygen atoms in total. The molecule has 2 aromatic rings. The van der Waals surface area contributed by atoms with Gasteiger partial charge in [0.05, 0.1) is 18.3 Å². The van der Waals surface area contributed by atoms with Crippen molar-refractivity contribution in [1.82, 2.24) is 14.9 Å². The molecular weight excluding hydrogens is 286 g/mol. The van der Waals surface area contributed by atoms with Gasteiger partial charge in [-0.3, -0.25) is 4.79 Å². The Morgan fingerprint density at radius 1 is 1.43 bits per heavy atom. The molecule has 0 aliphatic carbocycles. The van der Waals surface area contributed by atoms with Gasteiger partial charge in [0.15, 0.2) is 0 Å². The van der Waals surface area contributed by atoms with Crippen LogP contribution in [0.4, 0.5) is 0 Å². The van der Waals surface area contributed by atoms with Crippen LogP contribution in [-0.4, -0.2) is 22.1 Å². The second kappa shape index (κ2) is 7.17. The van der Waals surface area contributed by atoms with E-state index in [1.807, 2.05) is 45.0 Å². The maximum Gasteiger partial charge on any atom is 0.265 e. The molecular formula is C15H19N3O2S. The number of aryl methyl sites for hydroxylation is 1. The number of ether oxygens (including phenoxy) is 1. The summed E-state index contributed by atoms with van der Waals surface area (Å²) in [6, 6.07) is 7.64. The molecule has 1 aromatic heterocycles. The number of carbonyl (C=O) groups excluding carboxylic acids is 1.